The highest BCUT2D eigenvalue weighted by atomic mass is 35.5. The van der Waals surface area contributed by atoms with Gasteiger partial charge in [-0.2, -0.15) is 0 Å². The summed E-state index contributed by atoms with van der Waals surface area (Å²) in [6.07, 6.45) is -0.614. The molecule has 2 aromatic heterocycles. The molecule has 14 nitrogen and oxygen atoms in total. The standard InChI is InChI=1S/C22H24ClFN6O8/c1-22(2,3)36-20(32)29-7-9-34-11-15(29)18(31)25-6-8-35-19-16(26-38-28-19)17-27-37-21(33)30(17)12-4-5-14(24)13(23)10-12/h4-5,10,15H,6-9,11H2,1-3H3,(H,25,31). The molecule has 38 heavy (non-hydrogen) atoms. The number of rotatable bonds is 7. The number of aromatic nitrogens is 4. The Morgan fingerprint density at radius 2 is 2.05 bits per heavy atom. The topological polar surface area (TPSA) is 164 Å². The average molecular weight is 555 g/mol. The number of nitrogens with one attached hydrogen (secondary N) is 1. The molecule has 3 heterocycles. The van der Waals surface area contributed by atoms with Gasteiger partial charge >= 0.3 is 11.8 Å². The fourth-order valence-corrected chi connectivity index (χ4v) is 3.64. The van der Waals surface area contributed by atoms with Crippen LogP contribution >= 0.6 is 11.6 Å². The van der Waals surface area contributed by atoms with E-state index in [0.29, 0.717) is 0 Å². The molecule has 1 unspecified atom stereocenters. The van der Waals surface area contributed by atoms with Crippen LogP contribution in [0.15, 0.2) is 32.1 Å². The number of ether oxygens (including phenoxy) is 3. The number of hydrogen-bond donors (Lipinski definition) is 1. The summed E-state index contributed by atoms with van der Waals surface area (Å²) < 4.78 is 40.3. The second-order valence-electron chi connectivity index (χ2n) is 9.03. The molecule has 1 saturated heterocycles. The smallest absolute Gasteiger partial charge is 0.446 e. The van der Waals surface area contributed by atoms with Crippen LogP contribution in [0.3, 0.4) is 0 Å². The molecule has 1 aliphatic heterocycles. The van der Waals surface area contributed by atoms with Crippen molar-refractivity contribution in [2.24, 2.45) is 0 Å². The fraction of sp³-hybridized carbons (Fsp3) is 0.455. The monoisotopic (exact) mass is 554 g/mol. The number of benzene rings is 1. The van der Waals surface area contributed by atoms with Crippen molar-refractivity contribution >= 4 is 23.6 Å². The van der Waals surface area contributed by atoms with Crippen molar-refractivity contribution in [3.63, 3.8) is 0 Å². The maximum atomic E-state index is 13.6. The predicted molar refractivity (Wildman–Crippen MR) is 126 cm³/mol. The SMILES string of the molecule is CC(C)(C)OC(=O)N1CCOCC1C(=O)NCCOc1nonc1-c1noc(=O)n1-c1ccc(F)c(Cl)c1. The molecule has 0 saturated carbocycles. The van der Waals surface area contributed by atoms with E-state index >= 15 is 0 Å². The van der Waals surface area contributed by atoms with Crippen LogP contribution < -0.4 is 15.8 Å². The minimum Gasteiger partial charge on any atom is -0.472 e. The van der Waals surface area contributed by atoms with Gasteiger partial charge in [-0.05, 0) is 49.3 Å². The molecule has 1 atom stereocenters. The van der Waals surface area contributed by atoms with Crippen molar-refractivity contribution in [2.45, 2.75) is 32.4 Å². The number of hydrogen-bond acceptors (Lipinski definition) is 11. The molecule has 204 valence electrons. The summed E-state index contributed by atoms with van der Waals surface area (Å²) in [5.41, 5.74) is -0.645. The third-order valence-corrected chi connectivity index (χ3v) is 5.43. The Kier molecular flexibility index (Phi) is 7.97. The van der Waals surface area contributed by atoms with E-state index in [1.807, 2.05) is 0 Å². The number of carbonyl (C=O) groups is 2. The summed E-state index contributed by atoms with van der Waals surface area (Å²) >= 11 is 5.83. The van der Waals surface area contributed by atoms with Crippen LogP contribution in [-0.2, 0) is 14.3 Å². The molecule has 0 aliphatic carbocycles. The zero-order valence-corrected chi connectivity index (χ0v) is 21.4. The molecule has 2 amide bonds. The van der Waals surface area contributed by atoms with Gasteiger partial charge in [0.05, 0.1) is 30.5 Å². The van der Waals surface area contributed by atoms with Crippen LogP contribution in [0.4, 0.5) is 9.18 Å². The van der Waals surface area contributed by atoms with Crippen molar-refractivity contribution in [1.82, 2.24) is 30.3 Å². The normalized spacial score (nSPS) is 15.8. The van der Waals surface area contributed by atoms with Gasteiger partial charge in [0, 0.05) is 6.54 Å². The van der Waals surface area contributed by atoms with Crippen molar-refractivity contribution in [1.29, 1.82) is 0 Å². The third kappa shape index (κ3) is 6.11. The average Bonchev–Trinajstić information content (AvgIpc) is 3.48. The minimum atomic E-state index is -0.895. The lowest BCUT2D eigenvalue weighted by Crippen LogP contribution is -2.57. The first kappa shape index (κ1) is 27.1. The van der Waals surface area contributed by atoms with Crippen LogP contribution in [0.5, 0.6) is 5.88 Å². The Morgan fingerprint density at radius 3 is 2.79 bits per heavy atom. The molecular weight excluding hydrogens is 531 g/mol. The van der Waals surface area contributed by atoms with Crippen LogP contribution in [0.25, 0.3) is 17.2 Å². The lowest BCUT2D eigenvalue weighted by atomic mass is 10.2. The van der Waals surface area contributed by atoms with E-state index < -0.39 is 35.2 Å². The number of halogens is 2. The molecule has 1 aliphatic rings. The van der Waals surface area contributed by atoms with Gasteiger partial charge < -0.3 is 19.5 Å². The Morgan fingerprint density at radius 1 is 1.26 bits per heavy atom. The summed E-state index contributed by atoms with van der Waals surface area (Å²) in [6.45, 7) is 5.64. The van der Waals surface area contributed by atoms with E-state index in [9.17, 15) is 18.8 Å². The van der Waals surface area contributed by atoms with Crippen molar-refractivity contribution < 1.29 is 37.3 Å². The second-order valence-corrected chi connectivity index (χ2v) is 9.44. The van der Waals surface area contributed by atoms with E-state index in [-0.39, 0.29) is 61.0 Å². The largest absolute Gasteiger partial charge is 0.472 e. The van der Waals surface area contributed by atoms with Gasteiger partial charge in [0.15, 0.2) is 0 Å². The zero-order valence-electron chi connectivity index (χ0n) is 20.6. The summed E-state index contributed by atoms with van der Waals surface area (Å²) in [5, 5.41) is 13.5. The van der Waals surface area contributed by atoms with Gasteiger partial charge in [0.1, 0.15) is 24.1 Å². The second kappa shape index (κ2) is 11.2. The highest BCUT2D eigenvalue weighted by Gasteiger charge is 2.35. The minimum absolute atomic E-state index is 0.0143. The maximum absolute atomic E-state index is 13.6. The van der Waals surface area contributed by atoms with Crippen LogP contribution in [0, 0.1) is 5.82 Å². The first-order valence-corrected chi connectivity index (χ1v) is 11.8. The number of carbonyl (C=O) groups excluding carboxylic acids is 2. The van der Waals surface area contributed by atoms with E-state index in [1.54, 1.807) is 20.8 Å². The quantitative estimate of drug-likeness (QED) is 0.423. The summed E-state index contributed by atoms with van der Waals surface area (Å²) in [5.74, 6) is -2.31. The fourth-order valence-electron chi connectivity index (χ4n) is 3.46. The summed E-state index contributed by atoms with van der Waals surface area (Å²) in [4.78, 5) is 38.8. The van der Waals surface area contributed by atoms with Crippen LogP contribution in [-0.4, -0.2) is 81.5 Å². The summed E-state index contributed by atoms with van der Waals surface area (Å²) in [7, 11) is 0. The first-order valence-electron chi connectivity index (χ1n) is 11.4. The zero-order chi connectivity index (χ0) is 27.4. The molecular formula is C22H24ClFN6O8. The molecule has 1 aromatic carbocycles. The van der Waals surface area contributed by atoms with Gasteiger partial charge in [-0.1, -0.05) is 16.8 Å². The molecule has 0 radical (unpaired) electrons. The van der Waals surface area contributed by atoms with Gasteiger partial charge in [0.25, 0.3) is 5.88 Å². The Labute approximate surface area is 219 Å². The number of nitrogens with zero attached hydrogens (tertiary/aromatic N) is 5. The first-order chi connectivity index (χ1) is 18.0. The maximum Gasteiger partial charge on any atom is 0.446 e. The van der Waals surface area contributed by atoms with Crippen molar-refractivity contribution in [3.8, 4) is 23.1 Å². The highest BCUT2D eigenvalue weighted by Crippen LogP contribution is 2.27. The predicted octanol–water partition coefficient (Wildman–Crippen LogP) is 1.80. The highest BCUT2D eigenvalue weighted by molar-refractivity contribution is 6.30. The van der Waals surface area contributed by atoms with E-state index in [0.717, 1.165) is 10.6 Å². The molecule has 3 aromatic rings. The van der Waals surface area contributed by atoms with Gasteiger partial charge in [-0.3, -0.25) is 14.2 Å². The Bertz CT molecular complexity index is 1370. The van der Waals surface area contributed by atoms with E-state index in [2.05, 4.69) is 20.8 Å². The summed E-state index contributed by atoms with van der Waals surface area (Å²) in [6, 6.07) is 2.69. The number of amides is 2. The third-order valence-electron chi connectivity index (χ3n) is 5.14. The number of morpholine rings is 1. The molecule has 4 rings (SSSR count). The van der Waals surface area contributed by atoms with Crippen molar-refractivity contribution in [3.05, 3.63) is 39.6 Å². The van der Waals surface area contributed by atoms with Gasteiger partial charge in [0.2, 0.25) is 17.4 Å². The Hall–Kier alpha value is -3.98. The van der Waals surface area contributed by atoms with Crippen LogP contribution in [0.2, 0.25) is 5.02 Å². The molecule has 1 N–H and O–H groups in total. The van der Waals surface area contributed by atoms with Gasteiger partial charge in [-0.15, -0.1) is 0 Å². The van der Waals surface area contributed by atoms with Gasteiger partial charge in [-0.25, -0.2) is 23.2 Å². The molecule has 0 spiro atoms. The van der Waals surface area contributed by atoms with E-state index in [1.165, 1.54) is 17.0 Å². The lowest BCUT2D eigenvalue weighted by molar-refractivity contribution is -0.132. The van der Waals surface area contributed by atoms with E-state index in [4.69, 9.17) is 35.0 Å². The lowest BCUT2D eigenvalue weighted by Gasteiger charge is -2.35. The van der Waals surface area contributed by atoms with Crippen molar-refractivity contribution in [2.75, 3.05) is 32.9 Å². The Balaban J connectivity index is 1.39. The molecule has 1 fully saturated rings. The van der Waals surface area contributed by atoms with Crippen LogP contribution in [0.1, 0.15) is 20.8 Å². The molecule has 0 bridgehead atoms. The molecule has 16 heteroatoms.